The number of unbranched alkanes of at least 4 members (excludes halogenated alkanes) is 2. The number of methoxy groups -OCH3 is 1. The molecule has 1 heterocycles. The maximum Gasteiger partial charge on any atom is 0.313 e. The summed E-state index contributed by atoms with van der Waals surface area (Å²) in [4.78, 5) is 15.6. The lowest BCUT2D eigenvalue weighted by atomic mass is 9.85. The van der Waals surface area contributed by atoms with Crippen LogP contribution in [-0.2, 0) is 9.53 Å². The Balaban J connectivity index is 1.07. The molecule has 2 aliphatic carbocycles. The van der Waals surface area contributed by atoms with Gasteiger partial charge in [0.25, 0.3) is 0 Å². The molecule has 4 nitrogen and oxygen atoms in total. The Morgan fingerprint density at radius 3 is 2.10 bits per heavy atom. The Labute approximate surface area is 243 Å². The average Bonchev–Trinajstić information content (AvgIpc) is 3.11. The maximum atomic E-state index is 12.8. The van der Waals surface area contributed by atoms with Gasteiger partial charge in [0.05, 0.1) is 19.6 Å². The third-order valence-corrected chi connectivity index (χ3v) is 13.5. The minimum absolute atomic E-state index is 0.122. The predicted octanol–water partition coefficient (Wildman–Crippen LogP) is 8.77. The van der Waals surface area contributed by atoms with Gasteiger partial charge >= 0.3 is 5.97 Å². The molecule has 3 aliphatic rings. The molecule has 0 bridgehead atoms. The van der Waals surface area contributed by atoms with Gasteiger partial charge in [-0.15, -0.1) is 0 Å². The van der Waals surface area contributed by atoms with E-state index >= 15 is 0 Å². The fraction of sp³-hybridized carbons (Fsp3) is 0.667. The summed E-state index contributed by atoms with van der Waals surface area (Å²) in [6, 6.07) is 12.2. The third-order valence-electron chi connectivity index (χ3n) is 9.24. The zero-order valence-electron chi connectivity index (χ0n) is 24.1. The number of nitrogens with zero attached hydrogens (tertiary/aromatic N) is 1. The topological polar surface area (TPSA) is 38.8 Å². The molecule has 0 radical (unpaired) electrons. The fourth-order valence-electron chi connectivity index (χ4n) is 6.82. The highest BCUT2D eigenvalue weighted by Crippen LogP contribution is 2.56. The molecule has 2 saturated carbocycles. The second kappa shape index (κ2) is 13.5. The molecule has 0 aromatic heterocycles. The first-order valence-electron chi connectivity index (χ1n) is 15.3. The van der Waals surface area contributed by atoms with Crippen LogP contribution in [0.25, 0.3) is 10.8 Å². The number of fused-ring (bicyclic) bond motifs is 1. The summed E-state index contributed by atoms with van der Waals surface area (Å²) < 4.78 is 12.0. The van der Waals surface area contributed by atoms with E-state index in [1.54, 1.807) is 7.11 Å². The van der Waals surface area contributed by atoms with Crippen molar-refractivity contribution in [2.24, 2.45) is 0 Å². The second-order valence-corrected chi connectivity index (χ2v) is 15.4. The average molecular weight is 570 g/mol. The lowest BCUT2D eigenvalue weighted by Gasteiger charge is -2.38. The van der Waals surface area contributed by atoms with Crippen LogP contribution in [0.4, 0.5) is 0 Å². The number of carbonyl (C=O) groups is 1. The molecular formula is C33H47NO3S2. The van der Waals surface area contributed by atoms with Crippen molar-refractivity contribution >= 4 is 38.3 Å². The van der Waals surface area contributed by atoms with Gasteiger partial charge in [-0.1, -0.05) is 84.4 Å². The standard InChI is InChI=1S/C33H47NO3S2/c1-26(27-12-13-29-23-30(36-2)15-14-28(29)22-27)31(35)37-21-11-5-10-20-34-24-32(16-6-3-7-17-32)38-39-33(25-34)18-8-4-9-19-33/h12-15,22-23,26H,3-11,16-21,24-25H2,1-2H3/t26-/m0/s1. The van der Waals surface area contributed by atoms with Gasteiger partial charge < -0.3 is 14.4 Å². The van der Waals surface area contributed by atoms with Crippen LogP contribution in [0.5, 0.6) is 5.75 Å². The van der Waals surface area contributed by atoms with E-state index in [4.69, 9.17) is 9.47 Å². The van der Waals surface area contributed by atoms with E-state index in [1.807, 2.05) is 31.2 Å². The lowest BCUT2D eigenvalue weighted by molar-refractivity contribution is -0.145. The SMILES string of the molecule is COc1ccc2cc([C@H](C)C(=O)OCCCCCN3CC4(CCCCC4)SSC4(CCCCC4)C3)ccc2c1. The van der Waals surface area contributed by atoms with E-state index in [1.165, 1.54) is 90.3 Å². The zero-order chi connectivity index (χ0) is 27.1. The summed E-state index contributed by atoms with van der Waals surface area (Å²) in [5.41, 5.74) is 1.00. The summed E-state index contributed by atoms with van der Waals surface area (Å²) in [6.07, 6.45) is 17.3. The molecule has 3 fully saturated rings. The zero-order valence-corrected chi connectivity index (χ0v) is 25.7. The normalized spacial score (nSPS) is 22.0. The second-order valence-electron chi connectivity index (χ2n) is 12.3. The Bertz CT molecular complexity index is 1070. The number of esters is 1. The number of hydrogen-bond acceptors (Lipinski definition) is 6. The van der Waals surface area contributed by atoms with Crippen molar-refractivity contribution in [2.75, 3.05) is 33.4 Å². The van der Waals surface area contributed by atoms with Crippen LogP contribution in [0, 0.1) is 0 Å². The summed E-state index contributed by atoms with van der Waals surface area (Å²) in [6.45, 7) is 6.21. The van der Waals surface area contributed by atoms with E-state index in [0.29, 0.717) is 16.1 Å². The highest BCUT2D eigenvalue weighted by atomic mass is 33.1. The van der Waals surface area contributed by atoms with Crippen molar-refractivity contribution in [3.05, 3.63) is 42.0 Å². The van der Waals surface area contributed by atoms with E-state index in [2.05, 4.69) is 38.6 Å². The van der Waals surface area contributed by atoms with Crippen LogP contribution in [0.2, 0.25) is 0 Å². The van der Waals surface area contributed by atoms with Gasteiger partial charge in [0.15, 0.2) is 0 Å². The minimum Gasteiger partial charge on any atom is -0.497 e. The summed E-state index contributed by atoms with van der Waals surface area (Å²) in [5.74, 6) is 0.461. The molecule has 5 rings (SSSR count). The van der Waals surface area contributed by atoms with E-state index in [9.17, 15) is 4.79 Å². The van der Waals surface area contributed by atoms with Crippen molar-refractivity contribution in [3.63, 3.8) is 0 Å². The number of ether oxygens (including phenoxy) is 2. The molecule has 6 heteroatoms. The van der Waals surface area contributed by atoms with Crippen LogP contribution in [0.1, 0.15) is 102 Å². The first-order chi connectivity index (χ1) is 19.0. The molecule has 1 aliphatic heterocycles. The van der Waals surface area contributed by atoms with Crippen molar-refractivity contribution < 1.29 is 14.3 Å². The highest BCUT2D eigenvalue weighted by molar-refractivity contribution is 8.77. The number of rotatable bonds is 9. The molecule has 0 N–H and O–H groups in total. The Hall–Kier alpha value is -1.37. The quantitative estimate of drug-likeness (QED) is 0.171. The van der Waals surface area contributed by atoms with Gasteiger partial charge in [0, 0.05) is 22.6 Å². The van der Waals surface area contributed by atoms with Crippen molar-refractivity contribution in [3.8, 4) is 5.75 Å². The number of hydrogen-bond donors (Lipinski definition) is 0. The fourth-order valence-corrected chi connectivity index (χ4v) is 10.9. The predicted molar refractivity (Wildman–Crippen MR) is 167 cm³/mol. The van der Waals surface area contributed by atoms with Crippen molar-refractivity contribution in [1.29, 1.82) is 0 Å². The van der Waals surface area contributed by atoms with E-state index < -0.39 is 0 Å². The maximum absolute atomic E-state index is 12.8. The summed E-state index contributed by atoms with van der Waals surface area (Å²) in [7, 11) is 6.24. The first-order valence-corrected chi connectivity index (χ1v) is 17.5. The van der Waals surface area contributed by atoms with Gasteiger partial charge in [0.2, 0.25) is 0 Å². The van der Waals surface area contributed by atoms with Crippen LogP contribution >= 0.6 is 21.6 Å². The van der Waals surface area contributed by atoms with Gasteiger partial charge in [-0.2, -0.15) is 0 Å². The van der Waals surface area contributed by atoms with Gasteiger partial charge in [-0.25, -0.2) is 0 Å². The molecule has 39 heavy (non-hydrogen) atoms. The molecule has 214 valence electrons. The van der Waals surface area contributed by atoms with Crippen molar-refractivity contribution in [2.45, 2.75) is 106 Å². The highest BCUT2D eigenvalue weighted by Gasteiger charge is 2.44. The van der Waals surface area contributed by atoms with E-state index in [-0.39, 0.29) is 11.9 Å². The van der Waals surface area contributed by atoms with Crippen LogP contribution in [0.15, 0.2) is 36.4 Å². The third kappa shape index (κ3) is 7.48. The molecule has 0 unspecified atom stereocenters. The van der Waals surface area contributed by atoms with Crippen LogP contribution < -0.4 is 4.74 Å². The van der Waals surface area contributed by atoms with Gasteiger partial charge in [-0.3, -0.25) is 4.79 Å². The molecule has 2 aromatic carbocycles. The largest absolute Gasteiger partial charge is 0.497 e. The monoisotopic (exact) mass is 569 g/mol. The van der Waals surface area contributed by atoms with Crippen molar-refractivity contribution in [1.82, 2.24) is 4.90 Å². The van der Waals surface area contributed by atoms with Gasteiger partial charge in [-0.05, 0) is 86.9 Å². The Kier molecular flexibility index (Phi) is 10.1. The summed E-state index contributed by atoms with van der Waals surface area (Å²) in [5, 5.41) is 2.23. The number of carbonyl (C=O) groups excluding carboxylic acids is 1. The molecule has 0 amide bonds. The first kappa shape index (κ1) is 29.1. The molecule has 1 atom stereocenters. The van der Waals surface area contributed by atoms with E-state index in [0.717, 1.165) is 34.9 Å². The Morgan fingerprint density at radius 1 is 0.846 bits per heavy atom. The molecular weight excluding hydrogens is 523 g/mol. The molecule has 2 spiro atoms. The Morgan fingerprint density at radius 2 is 1.46 bits per heavy atom. The number of benzene rings is 2. The smallest absolute Gasteiger partial charge is 0.313 e. The molecule has 1 saturated heterocycles. The van der Waals surface area contributed by atoms with Crippen LogP contribution in [-0.4, -0.2) is 53.7 Å². The van der Waals surface area contributed by atoms with Crippen LogP contribution in [0.3, 0.4) is 0 Å². The summed E-state index contributed by atoms with van der Waals surface area (Å²) >= 11 is 0. The van der Waals surface area contributed by atoms with Gasteiger partial charge in [0.1, 0.15) is 5.75 Å². The molecule has 2 aromatic rings. The minimum atomic E-state index is -0.262. The lowest BCUT2D eigenvalue weighted by Crippen LogP contribution is -2.45.